The maximum absolute atomic E-state index is 13.9. The predicted octanol–water partition coefficient (Wildman–Crippen LogP) is 3.74. The number of ether oxygens (including phenoxy) is 2. The third-order valence-corrected chi connectivity index (χ3v) is 8.78. The van der Waals surface area contributed by atoms with Gasteiger partial charge in [-0.25, -0.2) is 0 Å². The number of nitrogens with one attached hydrogen (secondary N) is 1. The molecular weight excluding hydrogens is 504 g/mol. The van der Waals surface area contributed by atoms with Crippen molar-refractivity contribution in [2.24, 2.45) is 5.73 Å². The van der Waals surface area contributed by atoms with Crippen LogP contribution in [0.2, 0.25) is 0 Å². The van der Waals surface area contributed by atoms with Gasteiger partial charge in [-0.2, -0.15) is 0 Å². The molecule has 3 fully saturated rings. The zero-order valence-corrected chi connectivity index (χ0v) is 23.7. The van der Waals surface area contributed by atoms with E-state index in [0.717, 1.165) is 64.6 Å². The zero-order chi connectivity index (χ0) is 27.9. The third kappa shape index (κ3) is 7.22. The van der Waals surface area contributed by atoms with Crippen molar-refractivity contribution >= 4 is 11.8 Å². The number of hydrogen-bond donors (Lipinski definition) is 2. The van der Waals surface area contributed by atoms with Crippen molar-refractivity contribution in [2.45, 2.75) is 88.2 Å². The fraction of sp³-hybridized carbons (Fsp3) is 0.562. The van der Waals surface area contributed by atoms with E-state index in [0.29, 0.717) is 24.3 Å². The van der Waals surface area contributed by atoms with Gasteiger partial charge in [-0.05, 0) is 75.1 Å². The summed E-state index contributed by atoms with van der Waals surface area (Å²) >= 11 is 0. The Morgan fingerprint density at radius 3 is 2.58 bits per heavy atom. The van der Waals surface area contributed by atoms with E-state index in [1.54, 1.807) is 24.1 Å². The van der Waals surface area contributed by atoms with Crippen LogP contribution in [0, 0.1) is 0 Å². The molecule has 3 aliphatic rings. The minimum atomic E-state index is -0.546. The van der Waals surface area contributed by atoms with Gasteiger partial charge in [0.1, 0.15) is 11.8 Å². The molecule has 3 atom stereocenters. The fourth-order valence-electron chi connectivity index (χ4n) is 6.46. The number of amides is 2. The number of benzene rings is 2. The van der Waals surface area contributed by atoms with Crippen LogP contribution in [0.25, 0.3) is 0 Å². The van der Waals surface area contributed by atoms with Gasteiger partial charge < -0.3 is 25.4 Å². The summed E-state index contributed by atoms with van der Waals surface area (Å²) in [6, 6.07) is 17.6. The van der Waals surface area contributed by atoms with Crippen LogP contribution >= 0.6 is 0 Å². The van der Waals surface area contributed by atoms with E-state index in [9.17, 15) is 9.59 Å². The zero-order valence-electron chi connectivity index (χ0n) is 23.7. The maximum Gasteiger partial charge on any atom is 0.254 e. The Kier molecular flexibility index (Phi) is 9.73. The lowest BCUT2D eigenvalue weighted by Gasteiger charge is -2.44. The summed E-state index contributed by atoms with van der Waals surface area (Å²) in [6.45, 7) is 2.96. The first kappa shape index (κ1) is 28.6. The van der Waals surface area contributed by atoms with E-state index in [2.05, 4.69) is 34.5 Å². The lowest BCUT2D eigenvalue weighted by molar-refractivity contribution is -0.128. The van der Waals surface area contributed by atoms with Crippen LogP contribution in [0.4, 0.5) is 0 Å². The lowest BCUT2D eigenvalue weighted by Crippen LogP contribution is -2.59. The SMILES string of the molecule is COc1cccc(C(=O)N2CCC(N(Cc3ccccc3)CC3CCCO3)C[C@@H]2C(=O)NC2CCC(N)CC2)c1. The number of methoxy groups -OCH3 is 1. The Morgan fingerprint density at radius 1 is 1.05 bits per heavy atom. The highest BCUT2D eigenvalue weighted by Gasteiger charge is 2.40. The molecule has 8 heteroatoms. The minimum absolute atomic E-state index is 0.0572. The van der Waals surface area contributed by atoms with Crippen molar-refractivity contribution in [2.75, 3.05) is 26.8 Å². The highest BCUT2D eigenvalue weighted by Crippen LogP contribution is 2.28. The Balaban J connectivity index is 1.37. The summed E-state index contributed by atoms with van der Waals surface area (Å²) in [6.07, 6.45) is 7.34. The second kappa shape index (κ2) is 13.6. The number of hydrogen-bond acceptors (Lipinski definition) is 6. The molecule has 40 heavy (non-hydrogen) atoms. The fourth-order valence-corrected chi connectivity index (χ4v) is 6.46. The van der Waals surface area contributed by atoms with Gasteiger partial charge in [-0.3, -0.25) is 14.5 Å². The summed E-state index contributed by atoms with van der Waals surface area (Å²) in [5, 5.41) is 3.29. The Morgan fingerprint density at radius 2 is 1.85 bits per heavy atom. The van der Waals surface area contributed by atoms with Gasteiger partial charge in [0.25, 0.3) is 5.91 Å². The van der Waals surface area contributed by atoms with Crippen molar-refractivity contribution < 1.29 is 19.1 Å². The molecule has 0 spiro atoms. The molecule has 1 saturated carbocycles. The number of rotatable bonds is 9. The molecule has 2 aromatic carbocycles. The van der Waals surface area contributed by atoms with Crippen LogP contribution in [0.5, 0.6) is 5.75 Å². The molecule has 3 N–H and O–H groups in total. The lowest BCUT2D eigenvalue weighted by atomic mass is 9.90. The van der Waals surface area contributed by atoms with E-state index in [4.69, 9.17) is 15.2 Å². The first-order valence-corrected chi connectivity index (χ1v) is 14.9. The standard InChI is InChI=1S/C32H44N4O4/c1-39-28-10-5-9-24(19-28)32(38)36-17-16-27(20-30(36)31(37)34-26-14-12-25(33)13-15-26)35(22-29-11-6-18-40-29)21-23-7-3-2-4-8-23/h2-5,7-10,19,25-27,29-30H,6,11-18,20-22,33H2,1H3,(H,34,37)/t25?,26?,27?,29?,30-/m1/s1. The van der Waals surface area contributed by atoms with Crippen LogP contribution in [0.1, 0.15) is 67.3 Å². The summed E-state index contributed by atoms with van der Waals surface area (Å²) in [7, 11) is 1.59. The van der Waals surface area contributed by atoms with Crippen molar-refractivity contribution in [3.8, 4) is 5.75 Å². The van der Waals surface area contributed by atoms with Crippen LogP contribution in [-0.2, 0) is 16.1 Å². The molecule has 2 unspecified atom stereocenters. The van der Waals surface area contributed by atoms with Crippen LogP contribution in [0.3, 0.4) is 0 Å². The highest BCUT2D eigenvalue weighted by molar-refractivity contribution is 5.98. The molecule has 2 amide bonds. The Bertz CT molecular complexity index is 1110. The highest BCUT2D eigenvalue weighted by atomic mass is 16.5. The summed E-state index contributed by atoms with van der Waals surface area (Å²) in [4.78, 5) is 32.0. The smallest absolute Gasteiger partial charge is 0.254 e. The van der Waals surface area contributed by atoms with E-state index >= 15 is 0 Å². The topological polar surface area (TPSA) is 97.1 Å². The van der Waals surface area contributed by atoms with Crippen molar-refractivity contribution in [3.63, 3.8) is 0 Å². The van der Waals surface area contributed by atoms with Gasteiger partial charge in [0.2, 0.25) is 5.91 Å². The monoisotopic (exact) mass is 548 g/mol. The quantitative estimate of drug-likeness (QED) is 0.496. The molecule has 2 aliphatic heterocycles. The Labute approximate surface area is 238 Å². The first-order chi connectivity index (χ1) is 19.5. The third-order valence-electron chi connectivity index (χ3n) is 8.78. The van der Waals surface area contributed by atoms with E-state index < -0.39 is 6.04 Å². The molecule has 2 heterocycles. The molecule has 2 aromatic rings. The molecule has 0 bridgehead atoms. The molecule has 216 valence electrons. The number of likely N-dealkylation sites (tertiary alicyclic amines) is 1. The van der Waals surface area contributed by atoms with Crippen molar-refractivity contribution in [1.29, 1.82) is 0 Å². The van der Waals surface area contributed by atoms with Crippen molar-refractivity contribution in [3.05, 3.63) is 65.7 Å². The summed E-state index contributed by atoms with van der Waals surface area (Å²) in [5.74, 6) is 0.445. The van der Waals surface area contributed by atoms with Gasteiger partial charge in [0.05, 0.1) is 13.2 Å². The number of carbonyl (C=O) groups is 2. The van der Waals surface area contributed by atoms with E-state index in [1.165, 1.54) is 5.56 Å². The number of carbonyl (C=O) groups excluding carboxylic acids is 2. The van der Waals surface area contributed by atoms with Gasteiger partial charge in [-0.1, -0.05) is 36.4 Å². The van der Waals surface area contributed by atoms with Crippen LogP contribution in [-0.4, -0.2) is 78.7 Å². The molecular formula is C32H44N4O4. The normalized spacial score (nSPS) is 27.0. The molecule has 0 radical (unpaired) electrons. The maximum atomic E-state index is 13.9. The molecule has 0 aromatic heterocycles. The van der Waals surface area contributed by atoms with Gasteiger partial charge in [0, 0.05) is 49.9 Å². The van der Waals surface area contributed by atoms with Gasteiger partial charge >= 0.3 is 0 Å². The number of nitrogens with two attached hydrogens (primary N) is 1. The number of piperidine rings is 1. The molecule has 5 rings (SSSR count). The largest absolute Gasteiger partial charge is 0.497 e. The predicted molar refractivity (Wildman–Crippen MR) is 155 cm³/mol. The van der Waals surface area contributed by atoms with E-state index in [1.807, 2.05) is 18.2 Å². The number of nitrogens with zero attached hydrogens (tertiary/aromatic N) is 2. The van der Waals surface area contributed by atoms with Gasteiger partial charge in [-0.15, -0.1) is 0 Å². The second-order valence-electron chi connectivity index (χ2n) is 11.6. The summed E-state index contributed by atoms with van der Waals surface area (Å²) < 4.78 is 11.4. The van der Waals surface area contributed by atoms with Crippen LogP contribution < -0.4 is 15.8 Å². The van der Waals surface area contributed by atoms with Crippen molar-refractivity contribution in [1.82, 2.24) is 15.1 Å². The first-order valence-electron chi connectivity index (χ1n) is 14.9. The van der Waals surface area contributed by atoms with Gasteiger partial charge in [0.15, 0.2) is 0 Å². The molecule has 1 aliphatic carbocycles. The average Bonchev–Trinajstić information content (AvgIpc) is 3.51. The minimum Gasteiger partial charge on any atom is -0.497 e. The summed E-state index contributed by atoms with van der Waals surface area (Å²) in [5.41, 5.74) is 7.90. The average molecular weight is 549 g/mol. The van der Waals surface area contributed by atoms with Crippen LogP contribution in [0.15, 0.2) is 54.6 Å². The molecule has 2 saturated heterocycles. The second-order valence-corrected chi connectivity index (χ2v) is 11.6. The molecule has 8 nitrogen and oxygen atoms in total. The Hall–Kier alpha value is -2.94. The van der Waals surface area contributed by atoms with E-state index in [-0.39, 0.29) is 36.0 Å².